The lowest BCUT2D eigenvalue weighted by Crippen LogP contribution is -2.55. The normalized spacial score (nSPS) is 20.1. The van der Waals surface area contributed by atoms with Gasteiger partial charge in [-0.15, -0.1) is 0 Å². The molecule has 0 radical (unpaired) electrons. The van der Waals surface area contributed by atoms with E-state index in [2.05, 4.69) is 5.32 Å². The Kier molecular flexibility index (Phi) is 6.97. The van der Waals surface area contributed by atoms with Crippen LogP contribution in [0.1, 0.15) is 37.9 Å². The molecule has 7 nitrogen and oxygen atoms in total. The molecule has 166 valence electrons. The largest absolute Gasteiger partial charge is 0.508 e. The van der Waals surface area contributed by atoms with Crippen LogP contribution < -0.4 is 5.32 Å². The van der Waals surface area contributed by atoms with Crippen molar-refractivity contribution in [1.29, 1.82) is 0 Å². The number of phenols is 1. The molecule has 1 saturated heterocycles. The van der Waals surface area contributed by atoms with E-state index >= 15 is 0 Å². The molecule has 1 aliphatic heterocycles. The summed E-state index contributed by atoms with van der Waals surface area (Å²) in [5.41, 5.74) is 1.23. The predicted molar refractivity (Wildman–Crippen MR) is 116 cm³/mol. The third-order valence-electron chi connectivity index (χ3n) is 5.71. The minimum absolute atomic E-state index is 0.0781. The summed E-state index contributed by atoms with van der Waals surface area (Å²) in [6.07, 6.45) is 0.257. The summed E-state index contributed by atoms with van der Waals surface area (Å²) in [4.78, 5) is 27.6. The summed E-state index contributed by atoms with van der Waals surface area (Å²) in [7, 11) is 1.30. The van der Waals surface area contributed by atoms with Crippen molar-refractivity contribution < 1.29 is 24.2 Å². The molecule has 0 spiro atoms. The van der Waals surface area contributed by atoms with Gasteiger partial charge in [0.25, 0.3) is 0 Å². The van der Waals surface area contributed by atoms with Crippen molar-refractivity contribution in [1.82, 2.24) is 10.2 Å². The standard InChI is InChI=1S/C24H30N2O5/c1-16(26-21(15-31-24(26,2)3)18-8-6-5-7-9-18)22(28)25-20(23(29)30-4)14-17-10-12-19(27)13-11-17/h5-13,16,20-21,27H,14-15H2,1-4H3,(H,25,28)/t16-,20-,21-/m0/s1. The number of nitrogens with zero attached hydrogens (tertiary/aromatic N) is 1. The highest BCUT2D eigenvalue weighted by molar-refractivity contribution is 5.87. The average Bonchev–Trinajstić information content (AvgIpc) is 3.09. The molecule has 0 bridgehead atoms. The number of aromatic hydroxyl groups is 1. The van der Waals surface area contributed by atoms with Gasteiger partial charge in [0.1, 0.15) is 17.5 Å². The van der Waals surface area contributed by atoms with Crippen molar-refractivity contribution in [3.63, 3.8) is 0 Å². The fraction of sp³-hybridized carbons (Fsp3) is 0.417. The summed E-state index contributed by atoms with van der Waals surface area (Å²) >= 11 is 0. The zero-order valence-corrected chi connectivity index (χ0v) is 18.4. The van der Waals surface area contributed by atoms with Crippen molar-refractivity contribution in [2.24, 2.45) is 0 Å². The molecular weight excluding hydrogens is 396 g/mol. The first-order valence-electron chi connectivity index (χ1n) is 10.4. The van der Waals surface area contributed by atoms with E-state index in [0.29, 0.717) is 6.61 Å². The molecule has 0 unspecified atom stereocenters. The molecule has 0 saturated carbocycles. The number of phenolic OH excluding ortho intramolecular Hbond substituents is 1. The molecule has 7 heteroatoms. The highest BCUT2D eigenvalue weighted by Gasteiger charge is 2.46. The number of methoxy groups -OCH3 is 1. The maximum absolute atomic E-state index is 13.2. The summed E-state index contributed by atoms with van der Waals surface area (Å²) in [5.74, 6) is -0.668. The van der Waals surface area contributed by atoms with E-state index in [4.69, 9.17) is 9.47 Å². The number of hydrogen-bond donors (Lipinski definition) is 2. The lowest BCUT2D eigenvalue weighted by molar-refractivity contribution is -0.147. The molecule has 0 aromatic heterocycles. The molecule has 2 aromatic rings. The molecule has 1 heterocycles. The van der Waals surface area contributed by atoms with E-state index in [9.17, 15) is 14.7 Å². The molecular formula is C24H30N2O5. The second-order valence-corrected chi connectivity index (χ2v) is 8.22. The molecule has 0 aliphatic carbocycles. The van der Waals surface area contributed by atoms with Gasteiger partial charge in [0.05, 0.1) is 25.8 Å². The van der Waals surface area contributed by atoms with Crippen LogP contribution in [0.4, 0.5) is 0 Å². The second kappa shape index (κ2) is 9.49. The molecule has 1 aliphatic rings. The Balaban J connectivity index is 1.78. The molecule has 3 atom stereocenters. The molecule has 2 aromatic carbocycles. The highest BCUT2D eigenvalue weighted by Crippen LogP contribution is 2.38. The van der Waals surface area contributed by atoms with E-state index in [1.165, 1.54) is 7.11 Å². The quantitative estimate of drug-likeness (QED) is 0.662. The molecule has 3 rings (SSSR count). The third-order valence-corrected chi connectivity index (χ3v) is 5.71. The van der Waals surface area contributed by atoms with Gasteiger partial charge in [-0.05, 0) is 44.0 Å². The maximum Gasteiger partial charge on any atom is 0.328 e. The van der Waals surface area contributed by atoms with Crippen molar-refractivity contribution in [2.45, 2.75) is 51.0 Å². The first-order chi connectivity index (χ1) is 14.7. The minimum atomic E-state index is -0.841. The Morgan fingerprint density at radius 2 is 1.84 bits per heavy atom. The first-order valence-corrected chi connectivity index (χ1v) is 10.4. The fourth-order valence-corrected chi connectivity index (χ4v) is 4.10. The zero-order chi connectivity index (χ0) is 22.6. The van der Waals surface area contributed by atoms with Gasteiger partial charge in [-0.1, -0.05) is 42.5 Å². The van der Waals surface area contributed by atoms with Gasteiger partial charge in [0.15, 0.2) is 0 Å². The Morgan fingerprint density at radius 3 is 2.45 bits per heavy atom. The summed E-state index contributed by atoms with van der Waals surface area (Å²) in [6.45, 7) is 6.17. The lowest BCUT2D eigenvalue weighted by atomic mass is 10.0. The number of esters is 1. The van der Waals surface area contributed by atoms with Crippen LogP contribution in [0.5, 0.6) is 5.75 Å². The predicted octanol–water partition coefficient (Wildman–Crippen LogP) is 2.79. The van der Waals surface area contributed by atoms with Crippen LogP contribution in [0.3, 0.4) is 0 Å². The van der Waals surface area contributed by atoms with Gasteiger partial charge >= 0.3 is 5.97 Å². The highest BCUT2D eigenvalue weighted by atomic mass is 16.5. The minimum Gasteiger partial charge on any atom is -0.508 e. The van der Waals surface area contributed by atoms with Crippen molar-refractivity contribution in [2.75, 3.05) is 13.7 Å². The number of hydrogen-bond acceptors (Lipinski definition) is 6. The van der Waals surface area contributed by atoms with Crippen molar-refractivity contribution in [3.05, 3.63) is 65.7 Å². The lowest BCUT2D eigenvalue weighted by Gasteiger charge is -2.38. The number of nitrogens with one attached hydrogen (secondary N) is 1. The summed E-state index contributed by atoms with van der Waals surface area (Å²) in [5, 5.41) is 12.3. The van der Waals surface area contributed by atoms with Gasteiger partial charge in [-0.2, -0.15) is 0 Å². The van der Waals surface area contributed by atoms with E-state index in [-0.39, 0.29) is 24.1 Å². The number of rotatable bonds is 7. The van der Waals surface area contributed by atoms with E-state index < -0.39 is 23.8 Å². The Hall–Kier alpha value is -2.90. The Morgan fingerprint density at radius 1 is 1.19 bits per heavy atom. The third kappa shape index (κ3) is 5.24. The second-order valence-electron chi connectivity index (χ2n) is 8.22. The van der Waals surface area contributed by atoms with Gasteiger partial charge < -0.3 is 19.9 Å². The van der Waals surface area contributed by atoms with Crippen molar-refractivity contribution >= 4 is 11.9 Å². The first kappa shape index (κ1) is 22.8. The topological polar surface area (TPSA) is 88.1 Å². The van der Waals surface area contributed by atoms with Crippen LogP contribution in [-0.2, 0) is 25.5 Å². The maximum atomic E-state index is 13.2. The number of carbonyl (C=O) groups excluding carboxylic acids is 2. The van der Waals surface area contributed by atoms with Crippen LogP contribution in [-0.4, -0.2) is 53.4 Å². The van der Waals surface area contributed by atoms with Gasteiger partial charge in [0.2, 0.25) is 5.91 Å². The molecule has 1 amide bonds. The van der Waals surface area contributed by atoms with Crippen LogP contribution in [0.15, 0.2) is 54.6 Å². The number of benzene rings is 2. The van der Waals surface area contributed by atoms with Gasteiger partial charge in [-0.25, -0.2) is 4.79 Å². The number of amides is 1. The number of ether oxygens (including phenoxy) is 2. The summed E-state index contributed by atoms with van der Waals surface area (Å²) in [6, 6.07) is 15.0. The molecule has 31 heavy (non-hydrogen) atoms. The van der Waals surface area contributed by atoms with Crippen LogP contribution in [0.25, 0.3) is 0 Å². The fourth-order valence-electron chi connectivity index (χ4n) is 4.10. The van der Waals surface area contributed by atoms with Crippen LogP contribution >= 0.6 is 0 Å². The Labute approximate surface area is 183 Å². The van der Waals surface area contributed by atoms with E-state index in [1.807, 2.05) is 56.0 Å². The van der Waals surface area contributed by atoms with E-state index in [0.717, 1.165) is 11.1 Å². The zero-order valence-electron chi connectivity index (χ0n) is 18.4. The van der Waals surface area contributed by atoms with E-state index in [1.54, 1.807) is 24.3 Å². The smallest absolute Gasteiger partial charge is 0.328 e. The van der Waals surface area contributed by atoms with Crippen LogP contribution in [0, 0.1) is 0 Å². The van der Waals surface area contributed by atoms with Gasteiger partial charge in [0, 0.05) is 6.42 Å². The SMILES string of the molecule is COC(=O)[C@H](Cc1ccc(O)cc1)NC(=O)[C@H](C)N1[C@H](c2ccccc2)COC1(C)C. The number of carbonyl (C=O) groups is 2. The molecule has 2 N–H and O–H groups in total. The monoisotopic (exact) mass is 426 g/mol. The van der Waals surface area contributed by atoms with Gasteiger partial charge in [-0.3, -0.25) is 9.69 Å². The van der Waals surface area contributed by atoms with Crippen LogP contribution in [0.2, 0.25) is 0 Å². The Bertz CT molecular complexity index is 898. The average molecular weight is 427 g/mol. The molecule has 1 fully saturated rings. The van der Waals surface area contributed by atoms with Crippen molar-refractivity contribution in [3.8, 4) is 5.75 Å². The summed E-state index contributed by atoms with van der Waals surface area (Å²) < 4.78 is 10.9.